The van der Waals surface area contributed by atoms with Crippen molar-refractivity contribution in [3.05, 3.63) is 0 Å². The summed E-state index contributed by atoms with van der Waals surface area (Å²) in [6.45, 7) is 3.91. The molecule has 6 atom stereocenters. The zero-order valence-electron chi connectivity index (χ0n) is 17.0. The molecule has 0 radical (unpaired) electrons. The Morgan fingerprint density at radius 2 is 2.00 bits per heavy atom. The number of likely N-dealkylation sites (tertiary alicyclic amines) is 1. The molecule has 4 aliphatic rings. The van der Waals surface area contributed by atoms with Crippen LogP contribution in [0.4, 0.5) is 0 Å². The first kappa shape index (κ1) is 21.9. The Labute approximate surface area is 183 Å². The lowest BCUT2D eigenvalue weighted by molar-refractivity contribution is -0.142. The fourth-order valence-corrected chi connectivity index (χ4v) is 6.45. The molecule has 10 nitrogen and oxygen atoms in total. The highest BCUT2D eigenvalue weighted by Crippen LogP contribution is 2.59. The first-order valence-corrected chi connectivity index (χ1v) is 11.4. The lowest BCUT2D eigenvalue weighted by Gasteiger charge is -2.34. The maximum atomic E-state index is 13.3. The molecule has 4 fully saturated rings. The third-order valence-electron chi connectivity index (χ3n) is 6.76. The summed E-state index contributed by atoms with van der Waals surface area (Å²) in [6, 6.07) is -0.869. The second-order valence-electron chi connectivity index (χ2n) is 8.28. The third kappa shape index (κ3) is 3.44. The number of halogens is 1. The van der Waals surface area contributed by atoms with E-state index in [1.54, 1.807) is 0 Å². The number of carbonyl (C=O) groups excluding carboxylic acids is 3. The van der Waals surface area contributed by atoms with Crippen LogP contribution in [0.3, 0.4) is 0 Å². The zero-order chi connectivity index (χ0) is 21.5. The van der Waals surface area contributed by atoms with Gasteiger partial charge in [-0.2, -0.15) is 0 Å². The van der Waals surface area contributed by atoms with Gasteiger partial charge in [-0.05, 0) is 6.42 Å². The van der Waals surface area contributed by atoms with E-state index in [1.165, 1.54) is 11.9 Å². The molecular weight excluding hydrogens is 460 g/mol. The van der Waals surface area contributed by atoms with Crippen molar-refractivity contribution >= 4 is 33.7 Å². The molecule has 0 saturated carbocycles. The maximum absolute atomic E-state index is 13.3. The van der Waals surface area contributed by atoms with Gasteiger partial charge in [-0.1, -0.05) is 15.9 Å². The van der Waals surface area contributed by atoms with Crippen molar-refractivity contribution in [1.82, 2.24) is 20.4 Å². The van der Waals surface area contributed by atoms with E-state index in [-0.39, 0.29) is 35.7 Å². The van der Waals surface area contributed by atoms with E-state index in [4.69, 9.17) is 9.47 Å². The van der Waals surface area contributed by atoms with Gasteiger partial charge in [-0.25, -0.2) is 0 Å². The fraction of sp³-hybridized carbons (Fsp3) is 0.842. The van der Waals surface area contributed by atoms with Gasteiger partial charge in [0.25, 0.3) is 0 Å². The summed E-state index contributed by atoms with van der Waals surface area (Å²) in [5.41, 5.74) is -1.06. The van der Waals surface area contributed by atoms with Crippen LogP contribution >= 0.6 is 15.9 Å². The summed E-state index contributed by atoms with van der Waals surface area (Å²) in [7, 11) is 1.53. The van der Waals surface area contributed by atoms with E-state index in [9.17, 15) is 19.5 Å². The molecule has 4 aliphatic heterocycles. The predicted molar refractivity (Wildman–Crippen MR) is 109 cm³/mol. The van der Waals surface area contributed by atoms with E-state index in [2.05, 4.69) is 31.5 Å². The number of rotatable bonds is 7. The van der Waals surface area contributed by atoms with Crippen molar-refractivity contribution in [1.29, 1.82) is 0 Å². The van der Waals surface area contributed by atoms with Crippen molar-refractivity contribution < 1.29 is 29.0 Å². The molecule has 4 saturated heterocycles. The highest BCUT2D eigenvalue weighted by atomic mass is 79.9. The minimum absolute atomic E-state index is 0.0279. The number of aliphatic hydroxyl groups excluding tert-OH is 1. The average Bonchev–Trinajstić information content (AvgIpc) is 3.32. The molecule has 1 spiro atoms. The van der Waals surface area contributed by atoms with Crippen LogP contribution in [0, 0.1) is 11.8 Å². The van der Waals surface area contributed by atoms with Gasteiger partial charge in [0.2, 0.25) is 17.7 Å². The number of morpholine rings is 1. The minimum Gasteiger partial charge on any atom is -0.395 e. The van der Waals surface area contributed by atoms with Crippen molar-refractivity contribution in [2.24, 2.45) is 11.8 Å². The average molecular weight is 489 g/mol. The molecule has 0 aromatic rings. The zero-order valence-corrected chi connectivity index (χ0v) is 18.6. The summed E-state index contributed by atoms with van der Waals surface area (Å²) >= 11 is 3.59. The van der Waals surface area contributed by atoms with Crippen LogP contribution in [-0.4, -0.2) is 115 Å². The Kier molecular flexibility index (Phi) is 6.36. The van der Waals surface area contributed by atoms with E-state index < -0.39 is 29.6 Å². The van der Waals surface area contributed by atoms with E-state index in [0.29, 0.717) is 32.7 Å². The SMILES string of the molecule is CNC(=O)[C@H]1[C@H]2C(=O)N(CCO)C(C(=O)NCCN3CCOCC3)C23CC(Br)[C@@H]1O3. The van der Waals surface area contributed by atoms with Crippen LogP contribution in [0.1, 0.15) is 6.42 Å². The van der Waals surface area contributed by atoms with Crippen LogP contribution in [0.2, 0.25) is 0 Å². The smallest absolute Gasteiger partial charge is 0.245 e. The number of aliphatic hydroxyl groups is 1. The Morgan fingerprint density at radius 3 is 2.67 bits per heavy atom. The van der Waals surface area contributed by atoms with Crippen molar-refractivity contribution in [2.45, 2.75) is 29.0 Å². The van der Waals surface area contributed by atoms with Crippen LogP contribution < -0.4 is 10.6 Å². The lowest BCUT2D eigenvalue weighted by Crippen LogP contribution is -2.57. The molecular formula is C19H29BrN4O6. The molecule has 168 valence electrons. The van der Waals surface area contributed by atoms with Crippen LogP contribution in [0.5, 0.6) is 0 Å². The maximum Gasteiger partial charge on any atom is 0.245 e. The number of hydrogen-bond donors (Lipinski definition) is 3. The summed E-state index contributed by atoms with van der Waals surface area (Å²) in [5, 5.41) is 15.1. The summed E-state index contributed by atoms with van der Waals surface area (Å²) < 4.78 is 11.6. The van der Waals surface area contributed by atoms with Crippen molar-refractivity contribution in [2.75, 3.05) is 59.6 Å². The second kappa shape index (κ2) is 8.70. The monoisotopic (exact) mass is 488 g/mol. The topological polar surface area (TPSA) is 120 Å². The first-order valence-electron chi connectivity index (χ1n) is 10.5. The fourth-order valence-electron chi connectivity index (χ4n) is 5.50. The molecule has 30 heavy (non-hydrogen) atoms. The molecule has 0 aliphatic carbocycles. The van der Waals surface area contributed by atoms with Gasteiger partial charge >= 0.3 is 0 Å². The molecule has 4 rings (SSSR count). The minimum atomic E-state index is -1.06. The van der Waals surface area contributed by atoms with Crippen molar-refractivity contribution in [3.8, 4) is 0 Å². The Hall–Kier alpha value is -1.27. The molecule has 3 unspecified atom stereocenters. The number of β-amino-alcohol motifs (C(OH)–C–C–N with tert-alkyl or cyclic N) is 1. The van der Waals surface area contributed by atoms with Crippen LogP contribution in [0.15, 0.2) is 0 Å². The number of fused-ring (bicyclic) bond motifs is 1. The van der Waals surface area contributed by atoms with Gasteiger partial charge in [0.05, 0.1) is 37.8 Å². The Balaban J connectivity index is 1.53. The molecule has 3 amide bonds. The quantitative estimate of drug-likeness (QED) is 0.351. The predicted octanol–water partition coefficient (Wildman–Crippen LogP) is -2.08. The number of nitrogens with zero attached hydrogens (tertiary/aromatic N) is 2. The van der Waals surface area contributed by atoms with Gasteiger partial charge in [0.1, 0.15) is 11.6 Å². The van der Waals surface area contributed by atoms with Gasteiger partial charge in [0.15, 0.2) is 0 Å². The lowest BCUT2D eigenvalue weighted by atomic mass is 9.70. The summed E-state index contributed by atoms with van der Waals surface area (Å²) in [4.78, 5) is 42.6. The molecule has 0 aromatic heterocycles. The molecule has 11 heteroatoms. The van der Waals surface area contributed by atoms with Gasteiger partial charge in [-0.3, -0.25) is 19.3 Å². The highest BCUT2D eigenvalue weighted by molar-refractivity contribution is 9.09. The Morgan fingerprint density at radius 1 is 1.27 bits per heavy atom. The number of carbonyl (C=O) groups is 3. The van der Waals surface area contributed by atoms with Crippen molar-refractivity contribution in [3.63, 3.8) is 0 Å². The standard InChI is InChI=1S/C19H29BrN4O6/c1-21-16(26)12-13-18(28)24(4-7-25)15(19(13)10-11(20)14(12)30-19)17(27)22-2-3-23-5-8-29-9-6-23/h11-15,25H,2-10H2,1H3,(H,21,26)(H,22,27)/t11?,12-,13-,14-,15?,19?/m0/s1. The number of alkyl halides is 1. The molecule has 4 heterocycles. The van der Waals surface area contributed by atoms with E-state index >= 15 is 0 Å². The summed E-state index contributed by atoms with van der Waals surface area (Å²) in [5.74, 6) is -2.24. The Bertz CT molecular complexity index is 705. The van der Waals surface area contributed by atoms with Gasteiger partial charge in [-0.15, -0.1) is 0 Å². The largest absolute Gasteiger partial charge is 0.395 e. The molecule has 3 N–H and O–H groups in total. The molecule has 0 aromatic carbocycles. The number of hydrogen-bond acceptors (Lipinski definition) is 7. The number of ether oxygens (including phenoxy) is 2. The van der Waals surface area contributed by atoms with E-state index in [0.717, 1.165) is 13.1 Å². The number of amides is 3. The van der Waals surface area contributed by atoms with Crippen LogP contribution in [-0.2, 0) is 23.9 Å². The summed E-state index contributed by atoms with van der Waals surface area (Å²) in [6.07, 6.45) is 0.00392. The first-order chi connectivity index (χ1) is 14.4. The normalized spacial score (nSPS) is 38.0. The van der Waals surface area contributed by atoms with Gasteiger partial charge < -0.3 is 30.1 Å². The number of nitrogens with one attached hydrogen (secondary N) is 2. The third-order valence-corrected chi connectivity index (χ3v) is 7.60. The van der Waals surface area contributed by atoms with Crippen LogP contribution in [0.25, 0.3) is 0 Å². The molecule has 2 bridgehead atoms. The second-order valence-corrected chi connectivity index (χ2v) is 9.45. The van der Waals surface area contributed by atoms with E-state index in [1.807, 2.05) is 0 Å². The van der Waals surface area contributed by atoms with Gasteiger partial charge in [0, 0.05) is 44.6 Å². The highest BCUT2D eigenvalue weighted by Gasteiger charge is 2.76.